The largest absolute Gasteiger partial charge is 0.496 e. The summed E-state index contributed by atoms with van der Waals surface area (Å²) in [6.45, 7) is 2.11. The molecular formula is C14H20ClN3O2. The number of ether oxygens (including phenoxy) is 1. The summed E-state index contributed by atoms with van der Waals surface area (Å²) in [5, 5.41) is 0.367. The summed E-state index contributed by atoms with van der Waals surface area (Å²) in [5.74, 6) is 0.896. The van der Waals surface area contributed by atoms with Crippen molar-refractivity contribution in [1.29, 1.82) is 0 Å². The summed E-state index contributed by atoms with van der Waals surface area (Å²) in [6, 6.07) is 3.16. The molecule has 0 bridgehead atoms. The molecule has 5 nitrogen and oxygen atoms in total. The van der Waals surface area contributed by atoms with Crippen molar-refractivity contribution in [3.05, 3.63) is 22.7 Å². The summed E-state index contributed by atoms with van der Waals surface area (Å²) in [5.41, 5.74) is 12.3. The highest BCUT2D eigenvalue weighted by molar-refractivity contribution is 6.33. The van der Waals surface area contributed by atoms with Gasteiger partial charge in [0, 0.05) is 19.2 Å². The van der Waals surface area contributed by atoms with Crippen LogP contribution in [-0.4, -0.2) is 37.6 Å². The first-order chi connectivity index (χ1) is 9.56. The molecule has 4 N–H and O–H groups in total. The van der Waals surface area contributed by atoms with Crippen LogP contribution in [0.4, 0.5) is 5.69 Å². The molecule has 20 heavy (non-hydrogen) atoms. The van der Waals surface area contributed by atoms with Gasteiger partial charge in [0.2, 0.25) is 0 Å². The molecule has 1 aromatic rings. The first-order valence-electron chi connectivity index (χ1n) is 6.69. The lowest BCUT2D eigenvalue weighted by Crippen LogP contribution is -2.40. The minimum atomic E-state index is -0.0702. The Bertz CT molecular complexity index is 499. The van der Waals surface area contributed by atoms with Crippen molar-refractivity contribution < 1.29 is 9.53 Å². The maximum atomic E-state index is 12.6. The van der Waals surface area contributed by atoms with Crippen LogP contribution in [0.1, 0.15) is 23.2 Å². The van der Waals surface area contributed by atoms with E-state index < -0.39 is 0 Å². The summed E-state index contributed by atoms with van der Waals surface area (Å²) < 4.78 is 5.23. The number of amides is 1. The number of anilines is 1. The molecule has 1 saturated heterocycles. The molecular weight excluding hydrogens is 278 g/mol. The van der Waals surface area contributed by atoms with Gasteiger partial charge >= 0.3 is 0 Å². The molecule has 0 saturated carbocycles. The summed E-state index contributed by atoms with van der Waals surface area (Å²) in [7, 11) is 1.51. The SMILES string of the molecule is COc1cc(N)c(Cl)cc1C(=O)N1CCC(CN)CC1. The van der Waals surface area contributed by atoms with Crippen LogP contribution >= 0.6 is 11.6 Å². The lowest BCUT2D eigenvalue weighted by atomic mass is 9.96. The second-order valence-electron chi connectivity index (χ2n) is 5.05. The molecule has 1 aliphatic rings. The van der Waals surface area contributed by atoms with Crippen LogP contribution in [0, 0.1) is 5.92 Å². The first-order valence-corrected chi connectivity index (χ1v) is 7.07. The molecule has 1 aliphatic heterocycles. The number of nitrogens with zero attached hydrogens (tertiary/aromatic N) is 1. The molecule has 110 valence electrons. The maximum Gasteiger partial charge on any atom is 0.257 e. The van der Waals surface area contributed by atoms with Gasteiger partial charge in [-0.25, -0.2) is 0 Å². The number of halogens is 1. The van der Waals surface area contributed by atoms with E-state index in [1.54, 1.807) is 12.1 Å². The Kier molecular flexibility index (Phi) is 4.73. The monoisotopic (exact) mass is 297 g/mol. The number of methoxy groups -OCH3 is 1. The van der Waals surface area contributed by atoms with Crippen LogP contribution < -0.4 is 16.2 Å². The van der Waals surface area contributed by atoms with Crippen molar-refractivity contribution in [2.45, 2.75) is 12.8 Å². The van der Waals surface area contributed by atoms with Crippen LogP contribution in [0.3, 0.4) is 0 Å². The number of rotatable bonds is 3. The summed E-state index contributed by atoms with van der Waals surface area (Å²) in [4.78, 5) is 14.4. The van der Waals surface area contributed by atoms with Crippen molar-refractivity contribution in [2.75, 3.05) is 32.5 Å². The van der Waals surface area contributed by atoms with E-state index in [1.807, 2.05) is 4.90 Å². The number of hydrogen-bond donors (Lipinski definition) is 2. The van der Waals surface area contributed by atoms with Crippen LogP contribution in [0.25, 0.3) is 0 Å². The van der Waals surface area contributed by atoms with Crippen molar-refractivity contribution in [1.82, 2.24) is 4.90 Å². The fourth-order valence-electron chi connectivity index (χ4n) is 2.45. The van der Waals surface area contributed by atoms with Gasteiger partial charge in [0.1, 0.15) is 5.75 Å². The average molecular weight is 298 g/mol. The van der Waals surface area contributed by atoms with E-state index in [9.17, 15) is 4.79 Å². The minimum absolute atomic E-state index is 0.0702. The highest BCUT2D eigenvalue weighted by Gasteiger charge is 2.25. The van der Waals surface area contributed by atoms with E-state index in [-0.39, 0.29) is 5.91 Å². The Hall–Kier alpha value is -1.46. The van der Waals surface area contributed by atoms with E-state index in [0.717, 1.165) is 12.8 Å². The normalized spacial score (nSPS) is 16.2. The highest BCUT2D eigenvalue weighted by atomic mass is 35.5. The Morgan fingerprint density at radius 2 is 2.10 bits per heavy atom. The van der Waals surface area contributed by atoms with Gasteiger partial charge in [-0.1, -0.05) is 11.6 Å². The van der Waals surface area contributed by atoms with Crippen LogP contribution in [0.2, 0.25) is 5.02 Å². The Morgan fingerprint density at radius 3 is 2.65 bits per heavy atom. The summed E-state index contributed by atoms with van der Waals surface area (Å²) >= 11 is 6.00. The number of likely N-dealkylation sites (tertiary alicyclic amines) is 1. The van der Waals surface area contributed by atoms with Crippen LogP contribution in [0.15, 0.2) is 12.1 Å². The van der Waals surface area contributed by atoms with E-state index in [2.05, 4.69) is 0 Å². The van der Waals surface area contributed by atoms with Crippen LogP contribution in [0.5, 0.6) is 5.75 Å². The van der Waals surface area contributed by atoms with E-state index in [1.165, 1.54) is 7.11 Å². The molecule has 1 heterocycles. The zero-order valence-corrected chi connectivity index (χ0v) is 12.3. The number of nitrogens with two attached hydrogens (primary N) is 2. The minimum Gasteiger partial charge on any atom is -0.496 e. The van der Waals surface area contributed by atoms with Gasteiger partial charge in [0.05, 0.1) is 23.4 Å². The molecule has 6 heteroatoms. The predicted molar refractivity (Wildman–Crippen MR) is 80.1 cm³/mol. The first kappa shape index (κ1) is 14.9. The molecule has 0 unspecified atom stereocenters. The number of carbonyl (C=O) groups excluding carboxylic acids is 1. The molecule has 0 aliphatic carbocycles. The van der Waals surface area contributed by atoms with Crippen molar-refractivity contribution in [3.63, 3.8) is 0 Å². The van der Waals surface area contributed by atoms with Gasteiger partial charge in [-0.05, 0) is 31.4 Å². The zero-order valence-electron chi connectivity index (χ0n) is 11.6. The number of hydrogen-bond acceptors (Lipinski definition) is 4. The standard InChI is InChI=1S/C14H20ClN3O2/c1-20-13-7-12(17)11(15)6-10(13)14(19)18-4-2-9(8-16)3-5-18/h6-7,9H,2-5,8,16-17H2,1H3. The van der Waals surface area contributed by atoms with Crippen molar-refractivity contribution in [3.8, 4) is 5.75 Å². The zero-order chi connectivity index (χ0) is 14.7. The lowest BCUT2D eigenvalue weighted by Gasteiger charge is -2.31. The molecule has 0 spiro atoms. The molecule has 0 radical (unpaired) electrons. The second-order valence-corrected chi connectivity index (χ2v) is 5.45. The number of piperidine rings is 1. The molecule has 0 aromatic heterocycles. The fourth-order valence-corrected chi connectivity index (χ4v) is 2.61. The second kappa shape index (κ2) is 6.33. The smallest absolute Gasteiger partial charge is 0.257 e. The fraction of sp³-hybridized carbons (Fsp3) is 0.500. The maximum absolute atomic E-state index is 12.6. The third kappa shape index (κ3) is 2.99. The Balaban J connectivity index is 2.19. The Morgan fingerprint density at radius 1 is 1.45 bits per heavy atom. The number of benzene rings is 1. The third-order valence-corrected chi connectivity index (χ3v) is 4.11. The molecule has 0 atom stereocenters. The molecule has 1 fully saturated rings. The van der Waals surface area contributed by atoms with E-state index >= 15 is 0 Å². The van der Waals surface area contributed by atoms with Gasteiger partial charge in [0.15, 0.2) is 0 Å². The molecule has 1 amide bonds. The van der Waals surface area contributed by atoms with Crippen LogP contribution in [-0.2, 0) is 0 Å². The number of carbonyl (C=O) groups is 1. The molecule has 1 aromatic carbocycles. The van der Waals surface area contributed by atoms with Crippen molar-refractivity contribution >= 4 is 23.2 Å². The average Bonchev–Trinajstić information content (AvgIpc) is 2.49. The lowest BCUT2D eigenvalue weighted by molar-refractivity contribution is 0.0690. The predicted octanol–water partition coefficient (Wildman–Crippen LogP) is 1.74. The van der Waals surface area contributed by atoms with Gasteiger partial charge < -0.3 is 21.1 Å². The Labute approximate surface area is 123 Å². The topological polar surface area (TPSA) is 81.6 Å². The van der Waals surface area contributed by atoms with E-state index in [0.29, 0.717) is 47.6 Å². The van der Waals surface area contributed by atoms with Gasteiger partial charge in [-0.2, -0.15) is 0 Å². The third-order valence-electron chi connectivity index (χ3n) is 3.78. The summed E-state index contributed by atoms with van der Waals surface area (Å²) in [6.07, 6.45) is 1.88. The van der Waals surface area contributed by atoms with Gasteiger partial charge in [0.25, 0.3) is 5.91 Å². The number of nitrogen functional groups attached to an aromatic ring is 1. The van der Waals surface area contributed by atoms with Gasteiger partial charge in [-0.15, -0.1) is 0 Å². The quantitative estimate of drug-likeness (QED) is 0.833. The van der Waals surface area contributed by atoms with Crippen molar-refractivity contribution in [2.24, 2.45) is 11.7 Å². The highest BCUT2D eigenvalue weighted by Crippen LogP contribution is 2.30. The van der Waals surface area contributed by atoms with Gasteiger partial charge in [-0.3, -0.25) is 4.79 Å². The van der Waals surface area contributed by atoms with E-state index in [4.69, 9.17) is 27.8 Å². The molecule has 2 rings (SSSR count).